The minimum absolute atomic E-state index is 0.0615. The van der Waals surface area contributed by atoms with Crippen molar-refractivity contribution in [2.45, 2.75) is 38.6 Å². The summed E-state index contributed by atoms with van der Waals surface area (Å²) in [6, 6.07) is 3.79. The van der Waals surface area contributed by atoms with Crippen LogP contribution in [0.3, 0.4) is 0 Å². The minimum atomic E-state index is -1.21. The predicted octanol–water partition coefficient (Wildman–Crippen LogP) is 2.96. The molecule has 5 nitrogen and oxygen atoms in total. The highest BCUT2D eigenvalue weighted by Gasteiger charge is 2.20. The van der Waals surface area contributed by atoms with Crippen molar-refractivity contribution in [3.05, 3.63) is 29.6 Å². The van der Waals surface area contributed by atoms with Crippen LogP contribution in [0, 0.1) is 5.82 Å². The van der Waals surface area contributed by atoms with E-state index in [0.717, 1.165) is 6.07 Å². The van der Waals surface area contributed by atoms with Crippen molar-refractivity contribution in [3.8, 4) is 0 Å². The molecule has 0 aromatic heterocycles. The zero-order valence-electron chi connectivity index (χ0n) is 12.1. The number of benzene rings is 1. The van der Waals surface area contributed by atoms with Gasteiger partial charge in [-0.25, -0.2) is 9.18 Å². The Labute approximate surface area is 131 Å². The number of aliphatic hydroxyl groups is 2. The molecule has 2 unspecified atom stereocenters. The van der Waals surface area contributed by atoms with Crippen molar-refractivity contribution in [2.24, 2.45) is 0 Å². The summed E-state index contributed by atoms with van der Waals surface area (Å²) in [5.41, 5.74) is -0.529. The lowest BCUT2D eigenvalue weighted by molar-refractivity contribution is 0.0341. The maximum absolute atomic E-state index is 13.9. The Morgan fingerprint density at radius 3 is 2.52 bits per heavy atom. The molecule has 1 aromatic carbocycles. The summed E-state index contributed by atoms with van der Waals surface area (Å²) in [6.45, 7) is 5.10. The van der Waals surface area contributed by atoms with Gasteiger partial charge in [-0.3, -0.25) is 5.32 Å². The fourth-order valence-electron chi connectivity index (χ4n) is 1.54. The highest BCUT2D eigenvalue weighted by molar-refractivity contribution is 9.09. The van der Waals surface area contributed by atoms with Crippen molar-refractivity contribution in [1.29, 1.82) is 0 Å². The quantitative estimate of drug-likeness (QED) is 0.718. The molecule has 3 N–H and O–H groups in total. The van der Waals surface area contributed by atoms with Crippen molar-refractivity contribution < 1.29 is 24.1 Å². The summed E-state index contributed by atoms with van der Waals surface area (Å²) >= 11 is 3.03. The molecule has 118 valence electrons. The molecule has 0 fully saturated rings. The standard InChI is InChI=1S/C14H19BrFNO4/c1-14(2,3)21-13(20)17-10-5-4-8(6-9(10)16)12(19)11(18)7-15/h4-6,11-12,18-19H,7H2,1-3H3,(H,17,20). The maximum atomic E-state index is 13.9. The third-order valence-electron chi connectivity index (χ3n) is 2.49. The first kappa shape index (κ1) is 17.9. The van der Waals surface area contributed by atoms with Crippen molar-refractivity contribution in [3.63, 3.8) is 0 Å². The van der Waals surface area contributed by atoms with Crippen LogP contribution in [-0.2, 0) is 4.74 Å². The van der Waals surface area contributed by atoms with Gasteiger partial charge in [0.25, 0.3) is 0 Å². The van der Waals surface area contributed by atoms with Crippen LogP contribution in [0.2, 0.25) is 0 Å². The average Bonchev–Trinajstić information content (AvgIpc) is 2.37. The van der Waals surface area contributed by atoms with Gasteiger partial charge in [-0.2, -0.15) is 0 Å². The van der Waals surface area contributed by atoms with Gasteiger partial charge in [0.05, 0.1) is 11.8 Å². The van der Waals surface area contributed by atoms with Crippen molar-refractivity contribution in [2.75, 3.05) is 10.6 Å². The Bertz CT molecular complexity index is 504. The Kier molecular flexibility index (Phi) is 6.12. The number of anilines is 1. The fourth-order valence-corrected chi connectivity index (χ4v) is 1.89. The van der Waals surface area contributed by atoms with Crippen LogP contribution < -0.4 is 5.32 Å². The number of amides is 1. The Balaban J connectivity index is 2.82. The van der Waals surface area contributed by atoms with E-state index in [1.54, 1.807) is 20.8 Å². The lowest BCUT2D eigenvalue weighted by Crippen LogP contribution is -2.27. The van der Waals surface area contributed by atoms with Crippen LogP contribution in [0.1, 0.15) is 32.4 Å². The number of alkyl halides is 1. The van der Waals surface area contributed by atoms with E-state index in [9.17, 15) is 19.4 Å². The van der Waals surface area contributed by atoms with Crippen LogP contribution >= 0.6 is 15.9 Å². The number of halogens is 2. The first-order valence-electron chi connectivity index (χ1n) is 6.35. The molecule has 0 aliphatic rings. The van der Waals surface area contributed by atoms with Gasteiger partial charge in [0, 0.05) is 5.33 Å². The summed E-state index contributed by atoms with van der Waals surface area (Å²) in [5.74, 6) is -0.723. The van der Waals surface area contributed by atoms with Crippen LogP contribution in [0.15, 0.2) is 18.2 Å². The molecule has 21 heavy (non-hydrogen) atoms. The molecular formula is C14H19BrFNO4. The van der Waals surface area contributed by atoms with Gasteiger partial charge in [0.2, 0.25) is 0 Å². The number of hydrogen-bond acceptors (Lipinski definition) is 4. The minimum Gasteiger partial charge on any atom is -0.444 e. The van der Waals surface area contributed by atoms with Crippen molar-refractivity contribution >= 4 is 27.7 Å². The van der Waals surface area contributed by atoms with Gasteiger partial charge in [-0.15, -0.1) is 0 Å². The van der Waals surface area contributed by atoms with Gasteiger partial charge >= 0.3 is 6.09 Å². The van der Waals surface area contributed by atoms with Crippen LogP contribution in [0.25, 0.3) is 0 Å². The third kappa shape index (κ3) is 5.61. The van der Waals surface area contributed by atoms with Gasteiger partial charge in [-0.1, -0.05) is 22.0 Å². The zero-order valence-corrected chi connectivity index (χ0v) is 13.6. The van der Waals surface area contributed by atoms with E-state index in [1.165, 1.54) is 12.1 Å². The summed E-state index contributed by atoms with van der Waals surface area (Å²) in [6.07, 6.45) is -3.03. The van der Waals surface area contributed by atoms with E-state index in [2.05, 4.69) is 21.2 Å². The summed E-state index contributed by atoms with van der Waals surface area (Å²) < 4.78 is 18.9. The molecule has 2 atom stereocenters. The second kappa shape index (κ2) is 7.20. The topological polar surface area (TPSA) is 78.8 Å². The number of carbonyl (C=O) groups is 1. The zero-order chi connectivity index (χ0) is 16.2. The summed E-state index contributed by atoms with van der Waals surface area (Å²) in [4.78, 5) is 11.6. The highest BCUT2D eigenvalue weighted by Crippen LogP contribution is 2.23. The fraction of sp³-hybridized carbons (Fsp3) is 0.500. The molecule has 0 saturated heterocycles. The normalized spacial score (nSPS) is 14.4. The molecule has 7 heteroatoms. The molecule has 0 saturated carbocycles. The van der Waals surface area contributed by atoms with E-state index < -0.39 is 29.7 Å². The molecule has 0 radical (unpaired) electrons. The number of ether oxygens (including phenoxy) is 1. The summed E-state index contributed by atoms with van der Waals surface area (Å²) in [5, 5.41) is 21.7. The molecule has 1 rings (SSSR count). The van der Waals surface area contributed by atoms with Gasteiger partial charge in [0.1, 0.15) is 17.5 Å². The molecule has 1 aromatic rings. The van der Waals surface area contributed by atoms with Gasteiger partial charge in [0.15, 0.2) is 0 Å². The molecule has 0 spiro atoms. The van der Waals surface area contributed by atoms with E-state index in [0.29, 0.717) is 0 Å². The molecule has 0 bridgehead atoms. The number of rotatable bonds is 4. The first-order chi connectivity index (χ1) is 9.64. The van der Waals surface area contributed by atoms with E-state index >= 15 is 0 Å². The second-order valence-electron chi connectivity index (χ2n) is 5.53. The Morgan fingerprint density at radius 2 is 2.05 bits per heavy atom. The number of nitrogens with one attached hydrogen (secondary N) is 1. The summed E-state index contributed by atoms with van der Waals surface area (Å²) in [7, 11) is 0. The lowest BCUT2D eigenvalue weighted by Gasteiger charge is -2.20. The van der Waals surface area contributed by atoms with E-state index in [4.69, 9.17) is 4.74 Å². The molecule has 0 aliphatic heterocycles. The second-order valence-corrected chi connectivity index (χ2v) is 6.18. The predicted molar refractivity (Wildman–Crippen MR) is 81.0 cm³/mol. The average molecular weight is 364 g/mol. The van der Waals surface area contributed by atoms with Gasteiger partial charge < -0.3 is 14.9 Å². The highest BCUT2D eigenvalue weighted by atomic mass is 79.9. The van der Waals surface area contributed by atoms with Crippen molar-refractivity contribution in [1.82, 2.24) is 0 Å². The SMILES string of the molecule is CC(C)(C)OC(=O)Nc1ccc(C(O)C(O)CBr)cc1F. The number of aliphatic hydroxyl groups excluding tert-OH is 2. The Hall–Kier alpha value is -1.18. The van der Waals surface area contributed by atoms with Gasteiger partial charge in [-0.05, 0) is 38.5 Å². The molecule has 0 aliphatic carbocycles. The van der Waals surface area contributed by atoms with Crippen LogP contribution in [0.5, 0.6) is 0 Å². The van der Waals surface area contributed by atoms with Crippen LogP contribution in [-0.4, -0.2) is 33.3 Å². The molecule has 0 heterocycles. The maximum Gasteiger partial charge on any atom is 0.412 e. The first-order valence-corrected chi connectivity index (χ1v) is 7.47. The smallest absolute Gasteiger partial charge is 0.412 e. The monoisotopic (exact) mass is 363 g/mol. The number of hydrogen-bond donors (Lipinski definition) is 3. The number of carbonyl (C=O) groups excluding carboxylic acids is 1. The third-order valence-corrected chi connectivity index (χ3v) is 3.16. The van der Waals surface area contributed by atoms with E-state index in [1.807, 2.05) is 0 Å². The van der Waals surface area contributed by atoms with Crippen LogP contribution in [0.4, 0.5) is 14.9 Å². The van der Waals surface area contributed by atoms with E-state index in [-0.39, 0.29) is 16.6 Å². The largest absolute Gasteiger partial charge is 0.444 e. The molecule has 1 amide bonds. The Morgan fingerprint density at radius 1 is 1.43 bits per heavy atom. The molecular weight excluding hydrogens is 345 g/mol. The lowest BCUT2D eigenvalue weighted by atomic mass is 10.0.